The molecule has 2 N–H and O–H groups in total. The van der Waals surface area contributed by atoms with Crippen molar-refractivity contribution >= 4 is 27.9 Å². The van der Waals surface area contributed by atoms with Gasteiger partial charge in [-0.25, -0.2) is 15.2 Å². The Kier molecular flexibility index (Phi) is 3.58. The Morgan fingerprint density at radius 1 is 1.33 bits per heavy atom. The van der Waals surface area contributed by atoms with Crippen LogP contribution in [0.4, 0.5) is 4.79 Å². The summed E-state index contributed by atoms with van der Waals surface area (Å²) >= 11 is 3.31. The van der Waals surface area contributed by atoms with E-state index in [2.05, 4.69) is 21.4 Å². The number of fused-ring (bicyclic) bond motifs is 2. The molecule has 0 aromatic rings. The number of hydrogen-bond donors (Lipinski definition) is 2. The minimum Gasteiger partial charge on any atom is -0.464 e. The maximum absolute atomic E-state index is 12.3. The fraction of sp³-hybridized carbons (Fsp3) is 0.833. The van der Waals surface area contributed by atoms with Crippen LogP contribution in [0, 0.1) is 11.8 Å². The number of rotatable bonds is 2. The van der Waals surface area contributed by atoms with Crippen molar-refractivity contribution in [3.05, 3.63) is 0 Å². The first-order valence-corrected chi connectivity index (χ1v) is 7.10. The minimum absolute atomic E-state index is 0.0178. The molecule has 2 rings (SSSR count). The molecule has 2 saturated carbocycles. The molecule has 0 spiro atoms. The molecular formula is C12H19BrN2O3. The van der Waals surface area contributed by atoms with Crippen LogP contribution in [0.25, 0.3) is 0 Å². The lowest BCUT2D eigenvalue weighted by atomic mass is 9.94. The van der Waals surface area contributed by atoms with E-state index in [9.17, 15) is 9.59 Å². The van der Waals surface area contributed by atoms with Gasteiger partial charge in [0.15, 0.2) is 0 Å². The molecular weight excluding hydrogens is 300 g/mol. The molecule has 5 nitrogen and oxygen atoms in total. The summed E-state index contributed by atoms with van der Waals surface area (Å²) in [6, 6.07) is 0.0178. The van der Waals surface area contributed by atoms with Gasteiger partial charge in [-0.3, -0.25) is 4.79 Å². The number of alkyl halides is 1. The topological polar surface area (TPSA) is 69.6 Å². The molecule has 2 amide bonds. The van der Waals surface area contributed by atoms with Crippen LogP contribution in [0.2, 0.25) is 0 Å². The van der Waals surface area contributed by atoms with Crippen molar-refractivity contribution in [2.45, 2.75) is 49.9 Å². The summed E-state index contributed by atoms with van der Waals surface area (Å²) in [5, 5.41) is 10.2. The average molecular weight is 319 g/mol. The average Bonchev–Trinajstić information content (AvgIpc) is 2.84. The maximum Gasteiger partial charge on any atom is 0.423 e. The molecule has 0 saturated heterocycles. The van der Waals surface area contributed by atoms with Crippen LogP contribution in [-0.4, -0.2) is 32.5 Å². The van der Waals surface area contributed by atoms with Crippen molar-refractivity contribution in [1.29, 1.82) is 0 Å². The number of carbonyl (C=O) groups is 2. The zero-order chi connectivity index (χ0) is 13.5. The molecule has 2 aliphatic rings. The maximum atomic E-state index is 12.3. The highest BCUT2D eigenvalue weighted by Crippen LogP contribution is 2.46. The van der Waals surface area contributed by atoms with Crippen molar-refractivity contribution < 1.29 is 14.7 Å². The number of amides is 2. The normalized spacial score (nSPS) is 30.3. The van der Waals surface area contributed by atoms with Gasteiger partial charge in [-0.15, -0.1) is 0 Å². The first-order chi connectivity index (χ1) is 8.29. The van der Waals surface area contributed by atoms with Crippen molar-refractivity contribution in [1.82, 2.24) is 10.4 Å². The number of nitrogens with one attached hydrogen (secondary N) is 1. The van der Waals surface area contributed by atoms with E-state index < -0.39 is 10.4 Å². The Morgan fingerprint density at radius 3 is 2.39 bits per heavy atom. The first-order valence-electron chi connectivity index (χ1n) is 6.31. The van der Waals surface area contributed by atoms with Crippen LogP contribution in [0.5, 0.6) is 0 Å². The number of carboxylic acid groups (broad SMARTS) is 1. The quantitative estimate of drug-likeness (QED) is 0.606. The third kappa shape index (κ3) is 2.63. The van der Waals surface area contributed by atoms with Gasteiger partial charge in [-0.05, 0) is 44.9 Å². The van der Waals surface area contributed by atoms with Crippen LogP contribution >= 0.6 is 15.9 Å². The highest BCUT2D eigenvalue weighted by molar-refractivity contribution is 9.10. The molecule has 2 fully saturated rings. The van der Waals surface area contributed by atoms with Crippen molar-refractivity contribution in [3.8, 4) is 0 Å². The second kappa shape index (κ2) is 4.72. The summed E-state index contributed by atoms with van der Waals surface area (Å²) < 4.78 is -0.753. The molecule has 0 aliphatic heterocycles. The predicted octanol–water partition coefficient (Wildman–Crippen LogP) is 2.36. The number of hydrazine groups is 1. The summed E-state index contributed by atoms with van der Waals surface area (Å²) in [5.41, 5.74) is 2.28. The number of carbonyl (C=O) groups excluding carboxylic acids is 1. The lowest BCUT2D eigenvalue weighted by Gasteiger charge is -2.36. The van der Waals surface area contributed by atoms with Gasteiger partial charge < -0.3 is 5.11 Å². The molecule has 102 valence electrons. The molecule has 0 aromatic carbocycles. The SMILES string of the molecule is CC(C)(Br)C(=O)N(NC(=O)O)C1CC2CCC1C2. The number of hydrogen-bond acceptors (Lipinski definition) is 2. The van der Waals surface area contributed by atoms with Gasteiger partial charge in [0.2, 0.25) is 0 Å². The van der Waals surface area contributed by atoms with Crippen LogP contribution in [-0.2, 0) is 4.79 Å². The van der Waals surface area contributed by atoms with Gasteiger partial charge in [0.05, 0.1) is 6.04 Å². The van der Waals surface area contributed by atoms with Crippen molar-refractivity contribution in [3.63, 3.8) is 0 Å². The molecule has 0 heterocycles. The van der Waals surface area contributed by atoms with E-state index in [4.69, 9.17) is 5.11 Å². The summed E-state index contributed by atoms with van der Waals surface area (Å²) in [6.45, 7) is 3.47. The van der Waals surface area contributed by atoms with Gasteiger partial charge in [0, 0.05) is 0 Å². The van der Waals surface area contributed by atoms with Crippen molar-refractivity contribution in [2.75, 3.05) is 0 Å². The lowest BCUT2D eigenvalue weighted by molar-refractivity contribution is -0.139. The first kappa shape index (κ1) is 13.6. The van der Waals surface area contributed by atoms with Crippen LogP contribution in [0.1, 0.15) is 39.5 Å². The number of nitrogens with zero attached hydrogens (tertiary/aromatic N) is 1. The van der Waals surface area contributed by atoms with Gasteiger partial charge in [-0.2, -0.15) is 0 Å². The Hall–Kier alpha value is -0.780. The fourth-order valence-electron chi connectivity index (χ4n) is 3.20. The largest absolute Gasteiger partial charge is 0.464 e. The van der Waals surface area contributed by atoms with E-state index >= 15 is 0 Å². The van der Waals surface area contributed by atoms with E-state index in [0.29, 0.717) is 11.8 Å². The molecule has 2 bridgehead atoms. The highest BCUT2D eigenvalue weighted by Gasteiger charge is 2.46. The van der Waals surface area contributed by atoms with Crippen LogP contribution in [0.3, 0.4) is 0 Å². The van der Waals surface area contributed by atoms with E-state index in [1.807, 2.05) is 0 Å². The van der Waals surface area contributed by atoms with Crippen LogP contribution in [0.15, 0.2) is 0 Å². The van der Waals surface area contributed by atoms with Gasteiger partial charge in [0.25, 0.3) is 5.91 Å². The molecule has 2 aliphatic carbocycles. The zero-order valence-electron chi connectivity index (χ0n) is 10.6. The van der Waals surface area contributed by atoms with Crippen molar-refractivity contribution in [2.24, 2.45) is 11.8 Å². The Labute approximate surface area is 115 Å². The lowest BCUT2D eigenvalue weighted by Crippen LogP contribution is -2.57. The summed E-state index contributed by atoms with van der Waals surface area (Å²) in [6.07, 6.45) is 3.18. The summed E-state index contributed by atoms with van der Waals surface area (Å²) in [7, 11) is 0. The van der Waals surface area contributed by atoms with Gasteiger partial charge in [-0.1, -0.05) is 22.4 Å². The monoisotopic (exact) mass is 318 g/mol. The molecule has 0 aromatic heterocycles. The smallest absolute Gasteiger partial charge is 0.423 e. The Bertz CT molecular complexity index is 367. The summed E-state index contributed by atoms with van der Waals surface area (Å²) in [4.78, 5) is 23.2. The number of halogens is 1. The molecule has 6 heteroatoms. The zero-order valence-corrected chi connectivity index (χ0v) is 12.2. The molecule has 18 heavy (non-hydrogen) atoms. The standard InChI is InChI=1S/C12H19BrN2O3/c1-12(2,13)10(16)15(14-11(17)18)9-6-7-3-4-8(9)5-7/h7-9,14H,3-6H2,1-2H3,(H,17,18). The molecule has 3 atom stereocenters. The predicted molar refractivity (Wildman–Crippen MR) is 70.2 cm³/mol. The van der Waals surface area contributed by atoms with Gasteiger partial charge >= 0.3 is 6.09 Å². The van der Waals surface area contributed by atoms with E-state index in [1.54, 1.807) is 13.8 Å². The summed E-state index contributed by atoms with van der Waals surface area (Å²) in [5.74, 6) is 0.882. The minimum atomic E-state index is -1.18. The fourth-order valence-corrected chi connectivity index (χ4v) is 3.39. The highest BCUT2D eigenvalue weighted by atomic mass is 79.9. The third-order valence-electron chi connectivity index (χ3n) is 3.98. The van der Waals surface area contributed by atoms with E-state index in [-0.39, 0.29) is 11.9 Å². The third-order valence-corrected chi connectivity index (χ3v) is 4.32. The van der Waals surface area contributed by atoms with E-state index in [1.165, 1.54) is 11.4 Å². The van der Waals surface area contributed by atoms with E-state index in [0.717, 1.165) is 19.3 Å². The van der Waals surface area contributed by atoms with Crippen LogP contribution < -0.4 is 5.43 Å². The Morgan fingerprint density at radius 2 is 2.00 bits per heavy atom. The molecule has 0 radical (unpaired) electrons. The molecule has 3 unspecified atom stereocenters. The Balaban J connectivity index is 2.15. The second-order valence-electron chi connectivity index (χ2n) is 5.81. The second-order valence-corrected chi connectivity index (χ2v) is 7.79. The van der Waals surface area contributed by atoms with Gasteiger partial charge in [0.1, 0.15) is 4.32 Å².